The topological polar surface area (TPSA) is 50.2 Å². The van der Waals surface area contributed by atoms with Gasteiger partial charge in [0.05, 0.1) is 6.42 Å². The van der Waals surface area contributed by atoms with E-state index in [-0.39, 0.29) is 5.91 Å². The molecule has 6 heteroatoms. The summed E-state index contributed by atoms with van der Waals surface area (Å²) >= 11 is 1.69. The minimum atomic E-state index is 0.104. The molecule has 1 aliphatic rings. The van der Waals surface area contributed by atoms with E-state index in [0.717, 1.165) is 48.6 Å². The molecule has 4 rings (SSSR count). The van der Waals surface area contributed by atoms with Gasteiger partial charge in [-0.25, -0.2) is 4.98 Å². The molecule has 136 valence electrons. The maximum Gasteiger partial charge on any atom is 0.224 e. The molecule has 3 aromatic rings. The average Bonchev–Trinajstić information content (AvgIpc) is 3.30. The fraction of sp³-hybridized carbons (Fsp3) is 0.400. The van der Waals surface area contributed by atoms with E-state index in [0.29, 0.717) is 12.3 Å². The Kier molecular flexibility index (Phi) is 4.93. The monoisotopic (exact) mass is 368 g/mol. The molecule has 1 aliphatic heterocycles. The molecule has 1 fully saturated rings. The van der Waals surface area contributed by atoms with Crippen LogP contribution in [0.25, 0.3) is 10.9 Å². The number of piperidine rings is 1. The van der Waals surface area contributed by atoms with E-state index in [9.17, 15) is 4.79 Å². The third-order valence-corrected chi connectivity index (χ3v) is 5.96. The number of thiazole rings is 1. The third-order valence-electron chi connectivity index (χ3n) is 5.13. The summed E-state index contributed by atoms with van der Waals surface area (Å²) in [5, 5.41) is 7.43. The van der Waals surface area contributed by atoms with Crippen molar-refractivity contribution in [2.24, 2.45) is 13.0 Å². The van der Waals surface area contributed by atoms with E-state index in [1.54, 1.807) is 11.3 Å². The number of hydrogen-bond acceptors (Lipinski definition) is 4. The van der Waals surface area contributed by atoms with Crippen molar-refractivity contribution >= 4 is 33.3 Å². The number of carbonyl (C=O) groups is 1. The standard InChI is InChI=1S/C20H24N4OS/c1-23-14-16(17-6-2-3-7-18(17)23)11-19(25)22-12-15-5-4-9-24(13-15)20-21-8-10-26-20/h2-3,6-8,10,14-15H,4-5,9,11-13H2,1H3,(H,22,25)/t15-/m1/s1. The summed E-state index contributed by atoms with van der Waals surface area (Å²) in [4.78, 5) is 19.2. The van der Waals surface area contributed by atoms with Crippen molar-refractivity contribution in [3.8, 4) is 0 Å². The van der Waals surface area contributed by atoms with E-state index in [1.807, 2.05) is 30.8 Å². The summed E-state index contributed by atoms with van der Waals surface area (Å²) in [6, 6.07) is 8.24. The van der Waals surface area contributed by atoms with E-state index in [4.69, 9.17) is 0 Å². The van der Waals surface area contributed by atoms with Crippen LogP contribution in [0.4, 0.5) is 5.13 Å². The highest BCUT2D eigenvalue weighted by Gasteiger charge is 2.22. The van der Waals surface area contributed by atoms with Gasteiger partial charge in [0.25, 0.3) is 0 Å². The van der Waals surface area contributed by atoms with Crippen molar-refractivity contribution < 1.29 is 4.79 Å². The van der Waals surface area contributed by atoms with Crippen molar-refractivity contribution in [3.63, 3.8) is 0 Å². The van der Waals surface area contributed by atoms with Crippen molar-refractivity contribution in [2.45, 2.75) is 19.3 Å². The Hall–Kier alpha value is -2.34. The fourth-order valence-corrected chi connectivity index (χ4v) is 4.52. The van der Waals surface area contributed by atoms with Gasteiger partial charge in [0.15, 0.2) is 5.13 Å². The van der Waals surface area contributed by atoms with Crippen molar-refractivity contribution in [3.05, 3.63) is 47.6 Å². The van der Waals surface area contributed by atoms with Gasteiger partial charge in [-0.3, -0.25) is 4.79 Å². The summed E-state index contributed by atoms with van der Waals surface area (Å²) in [5.41, 5.74) is 2.26. The summed E-state index contributed by atoms with van der Waals surface area (Å²) in [5.74, 6) is 0.594. The molecule has 1 aromatic carbocycles. The predicted octanol–water partition coefficient (Wildman–Crippen LogP) is 3.21. The van der Waals surface area contributed by atoms with Crippen LogP contribution in [0.1, 0.15) is 18.4 Å². The molecule has 1 amide bonds. The molecule has 1 saturated heterocycles. The number of para-hydroxylation sites is 1. The van der Waals surface area contributed by atoms with Crippen molar-refractivity contribution in [1.29, 1.82) is 0 Å². The Labute approximate surface area is 157 Å². The summed E-state index contributed by atoms with van der Waals surface area (Å²) < 4.78 is 2.09. The molecule has 0 bridgehead atoms. The molecule has 2 aromatic heterocycles. The van der Waals surface area contributed by atoms with Gasteiger partial charge in [-0.05, 0) is 30.4 Å². The predicted molar refractivity (Wildman–Crippen MR) is 107 cm³/mol. The Balaban J connectivity index is 1.33. The first-order valence-corrected chi connectivity index (χ1v) is 10.0. The van der Waals surface area contributed by atoms with Crippen LogP contribution in [0.3, 0.4) is 0 Å². The number of anilines is 1. The third kappa shape index (κ3) is 3.60. The first-order chi connectivity index (χ1) is 12.7. The van der Waals surface area contributed by atoms with E-state index < -0.39 is 0 Å². The number of aryl methyl sites for hydroxylation is 1. The van der Waals surface area contributed by atoms with Gasteiger partial charge < -0.3 is 14.8 Å². The zero-order chi connectivity index (χ0) is 17.9. The number of nitrogens with one attached hydrogen (secondary N) is 1. The summed E-state index contributed by atoms with van der Waals surface area (Å²) in [7, 11) is 2.03. The highest BCUT2D eigenvalue weighted by atomic mass is 32.1. The van der Waals surface area contributed by atoms with Gasteiger partial charge in [-0.2, -0.15) is 0 Å². The maximum absolute atomic E-state index is 12.5. The molecule has 0 radical (unpaired) electrons. The fourth-order valence-electron chi connectivity index (χ4n) is 3.84. The Morgan fingerprint density at radius 1 is 1.38 bits per heavy atom. The maximum atomic E-state index is 12.5. The largest absolute Gasteiger partial charge is 0.355 e. The highest BCUT2D eigenvalue weighted by Crippen LogP contribution is 2.24. The number of hydrogen-bond donors (Lipinski definition) is 1. The number of amides is 1. The minimum absolute atomic E-state index is 0.104. The van der Waals surface area contributed by atoms with Gasteiger partial charge in [0.1, 0.15) is 0 Å². The van der Waals surface area contributed by atoms with Gasteiger partial charge in [0, 0.05) is 55.4 Å². The second kappa shape index (κ2) is 7.50. The average molecular weight is 369 g/mol. The lowest BCUT2D eigenvalue weighted by Gasteiger charge is -2.32. The molecule has 0 spiro atoms. The van der Waals surface area contributed by atoms with Crippen LogP contribution in [0.2, 0.25) is 0 Å². The van der Waals surface area contributed by atoms with Crippen LogP contribution in [0.15, 0.2) is 42.0 Å². The normalized spacial score (nSPS) is 17.6. The zero-order valence-corrected chi connectivity index (χ0v) is 15.8. The molecule has 0 saturated carbocycles. The number of carbonyl (C=O) groups excluding carboxylic acids is 1. The van der Waals surface area contributed by atoms with Gasteiger partial charge >= 0.3 is 0 Å². The van der Waals surface area contributed by atoms with Crippen LogP contribution >= 0.6 is 11.3 Å². The highest BCUT2D eigenvalue weighted by molar-refractivity contribution is 7.13. The zero-order valence-electron chi connectivity index (χ0n) is 15.0. The lowest BCUT2D eigenvalue weighted by Crippen LogP contribution is -2.41. The lowest BCUT2D eigenvalue weighted by atomic mass is 9.98. The lowest BCUT2D eigenvalue weighted by molar-refractivity contribution is -0.120. The Morgan fingerprint density at radius 2 is 2.27 bits per heavy atom. The van der Waals surface area contributed by atoms with Crippen LogP contribution in [0.5, 0.6) is 0 Å². The summed E-state index contributed by atoms with van der Waals surface area (Å²) in [6.07, 6.45) is 6.68. The Bertz CT molecular complexity index is 886. The number of nitrogens with zero attached hydrogens (tertiary/aromatic N) is 3. The molecule has 0 unspecified atom stereocenters. The number of benzene rings is 1. The molecule has 26 heavy (non-hydrogen) atoms. The molecule has 1 atom stereocenters. The quantitative estimate of drug-likeness (QED) is 0.752. The number of rotatable bonds is 5. The van der Waals surface area contributed by atoms with Crippen molar-refractivity contribution in [2.75, 3.05) is 24.5 Å². The Morgan fingerprint density at radius 3 is 3.12 bits per heavy atom. The van der Waals surface area contributed by atoms with E-state index in [1.165, 1.54) is 5.52 Å². The number of fused-ring (bicyclic) bond motifs is 1. The SMILES string of the molecule is Cn1cc(CC(=O)NC[C@H]2CCCN(c3nccs3)C2)c2ccccc21. The smallest absolute Gasteiger partial charge is 0.224 e. The van der Waals surface area contributed by atoms with Gasteiger partial charge in [0.2, 0.25) is 5.91 Å². The minimum Gasteiger partial charge on any atom is -0.355 e. The van der Waals surface area contributed by atoms with Gasteiger partial charge in [-0.15, -0.1) is 11.3 Å². The van der Waals surface area contributed by atoms with Crippen LogP contribution in [0, 0.1) is 5.92 Å². The number of aromatic nitrogens is 2. The van der Waals surface area contributed by atoms with Crippen LogP contribution in [-0.4, -0.2) is 35.1 Å². The summed E-state index contributed by atoms with van der Waals surface area (Å²) in [6.45, 7) is 2.78. The molecule has 3 heterocycles. The molecule has 1 N–H and O–H groups in total. The van der Waals surface area contributed by atoms with Crippen molar-refractivity contribution in [1.82, 2.24) is 14.9 Å². The molecule has 0 aliphatic carbocycles. The van der Waals surface area contributed by atoms with Gasteiger partial charge in [-0.1, -0.05) is 18.2 Å². The molecule has 5 nitrogen and oxygen atoms in total. The molecular formula is C20H24N4OS. The van der Waals surface area contributed by atoms with Crippen LogP contribution < -0.4 is 10.2 Å². The van der Waals surface area contributed by atoms with Crippen LogP contribution in [-0.2, 0) is 18.3 Å². The van der Waals surface area contributed by atoms with E-state index in [2.05, 4.69) is 38.1 Å². The molecular weight excluding hydrogens is 344 g/mol. The second-order valence-corrected chi connectivity index (χ2v) is 7.91. The second-order valence-electron chi connectivity index (χ2n) is 7.03. The first kappa shape index (κ1) is 17.1. The first-order valence-electron chi connectivity index (χ1n) is 9.15. The van der Waals surface area contributed by atoms with E-state index >= 15 is 0 Å².